The van der Waals surface area contributed by atoms with Crippen molar-refractivity contribution >= 4 is 11.6 Å². The second kappa shape index (κ2) is 18.0. The standard InChI is InChI=1S/C36H46N8O2/c1-5-9-13-17-27-33(31(45)23-11-7-3)39-35(43-41-27)29-21-15-19-25(37-29)26-20-16-22-30(38-26)36-40-34(32(46)24-12-8-4)28(42-44-36)18-14-10-6-2/h15-16,19-22H,5-14,17-18,23-24H2,1-4H3. The van der Waals surface area contributed by atoms with Gasteiger partial charge in [0, 0.05) is 12.8 Å². The average Bonchev–Trinajstić information content (AvgIpc) is 3.10. The highest BCUT2D eigenvalue weighted by atomic mass is 16.1. The van der Waals surface area contributed by atoms with Gasteiger partial charge >= 0.3 is 0 Å². The molecule has 242 valence electrons. The van der Waals surface area contributed by atoms with Crippen LogP contribution < -0.4 is 0 Å². The number of hydrogen-bond donors (Lipinski definition) is 0. The summed E-state index contributed by atoms with van der Waals surface area (Å²) >= 11 is 0. The minimum absolute atomic E-state index is 0.00689. The number of rotatable bonds is 19. The third-order valence-electron chi connectivity index (χ3n) is 7.81. The van der Waals surface area contributed by atoms with Gasteiger partial charge in [-0.3, -0.25) is 9.59 Å². The SMILES string of the molecule is CCCCCc1nnc(-c2cccc(-c3cccc(-c4nnc(CCCCC)c(C(=O)CCCC)n4)n3)n2)nc1C(=O)CCCC. The van der Waals surface area contributed by atoms with Gasteiger partial charge in [-0.1, -0.05) is 78.4 Å². The quantitative estimate of drug-likeness (QED) is 0.0745. The third-order valence-corrected chi connectivity index (χ3v) is 7.81. The molecule has 0 bridgehead atoms. The second-order valence-electron chi connectivity index (χ2n) is 11.6. The Bertz CT molecular complexity index is 1490. The van der Waals surface area contributed by atoms with E-state index >= 15 is 0 Å². The Kier molecular flexibility index (Phi) is 13.5. The second-order valence-corrected chi connectivity index (χ2v) is 11.6. The predicted octanol–water partition coefficient (Wildman–Crippen LogP) is 8.06. The van der Waals surface area contributed by atoms with Crippen molar-refractivity contribution in [2.45, 2.75) is 118 Å². The number of nitrogens with zero attached hydrogens (tertiary/aromatic N) is 8. The molecule has 0 spiro atoms. The highest BCUT2D eigenvalue weighted by molar-refractivity contribution is 5.96. The van der Waals surface area contributed by atoms with Crippen LogP contribution in [-0.2, 0) is 12.8 Å². The van der Waals surface area contributed by atoms with Crippen LogP contribution in [0.15, 0.2) is 36.4 Å². The number of pyridine rings is 2. The summed E-state index contributed by atoms with van der Waals surface area (Å²) in [6.45, 7) is 8.42. The molecule has 4 aromatic rings. The van der Waals surface area contributed by atoms with E-state index in [1.54, 1.807) is 12.1 Å². The average molecular weight is 623 g/mol. The first-order valence-electron chi connectivity index (χ1n) is 17.0. The molecule has 0 aliphatic carbocycles. The summed E-state index contributed by atoms with van der Waals surface area (Å²) in [4.78, 5) is 45.2. The third kappa shape index (κ3) is 9.34. The molecule has 0 aromatic carbocycles. The van der Waals surface area contributed by atoms with E-state index < -0.39 is 0 Å². The molecule has 0 atom stereocenters. The van der Waals surface area contributed by atoms with E-state index in [1.165, 1.54) is 0 Å². The summed E-state index contributed by atoms with van der Waals surface area (Å²) in [5.41, 5.74) is 4.29. The van der Waals surface area contributed by atoms with Gasteiger partial charge in [0.25, 0.3) is 0 Å². The van der Waals surface area contributed by atoms with Crippen LogP contribution in [0.4, 0.5) is 0 Å². The summed E-state index contributed by atoms with van der Waals surface area (Å²) < 4.78 is 0. The van der Waals surface area contributed by atoms with Crippen LogP contribution in [0.25, 0.3) is 34.4 Å². The number of carbonyl (C=O) groups excluding carboxylic acids is 2. The molecule has 46 heavy (non-hydrogen) atoms. The van der Waals surface area contributed by atoms with Gasteiger partial charge in [-0.05, 0) is 62.8 Å². The van der Waals surface area contributed by atoms with Crippen molar-refractivity contribution in [3.63, 3.8) is 0 Å². The number of hydrogen-bond acceptors (Lipinski definition) is 10. The van der Waals surface area contributed by atoms with Gasteiger partial charge in [-0.25, -0.2) is 19.9 Å². The maximum absolute atomic E-state index is 13.1. The maximum atomic E-state index is 13.1. The number of aryl methyl sites for hydroxylation is 2. The molecule has 10 heteroatoms. The molecular weight excluding hydrogens is 576 g/mol. The predicted molar refractivity (Wildman–Crippen MR) is 179 cm³/mol. The summed E-state index contributed by atoms with van der Waals surface area (Å²) in [5.74, 6) is 0.595. The number of Topliss-reactive ketones (excluding diaryl/α,β-unsaturated/α-hetero) is 2. The summed E-state index contributed by atoms with van der Waals surface area (Å²) in [6, 6.07) is 11.0. The number of unbranched alkanes of at least 4 members (excludes halogenated alkanes) is 6. The van der Waals surface area contributed by atoms with E-state index in [-0.39, 0.29) is 11.6 Å². The molecule has 0 saturated carbocycles. The molecule has 0 saturated heterocycles. The van der Waals surface area contributed by atoms with Crippen molar-refractivity contribution in [1.29, 1.82) is 0 Å². The lowest BCUT2D eigenvalue weighted by atomic mass is 10.1. The molecule has 0 radical (unpaired) electrons. The fourth-order valence-electron chi connectivity index (χ4n) is 5.10. The molecular formula is C36H46N8O2. The molecule has 4 heterocycles. The minimum atomic E-state index is -0.00689. The Hall–Kier alpha value is -4.34. The molecule has 10 nitrogen and oxygen atoms in total. The lowest BCUT2D eigenvalue weighted by molar-refractivity contribution is 0.0965. The van der Waals surface area contributed by atoms with Crippen LogP contribution >= 0.6 is 0 Å². The van der Waals surface area contributed by atoms with Gasteiger partial charge in [0.2, 0.25) is 11.6 Å². The molecule has 0 fully saturated rings. The maximum Gasteiger partial charge on any atom is 0.201 e. The van der Waals surface area contributed by atoms with Gasteiger partial charge in [0.15, 0.2) is 11.6 Å². The fourth-order valence-corrected chi connectivity index (χ4v) is 5.10. The van der Waals surface area contributed by atoms with E-state index in [9.17, 15) is 9.59 Å². The molecule has 4 rings (SSSR count). The summed E-state index contributed by atoms with van der Waals surface area (Å²) in [7, 11) is 0. The van der Waals surface area contributed by atoms with E-state index in [2.05, 4.69) is 48.1 Å². The first-order valence-corrected chi connectivity index (χ1v) is 17.0. The first kappa shape index (κ1) is 34.5. The highest BCUT2D eigenvalue weighted by Gasteiger charge is 2.20. The number of ketones is 2. The molecule has 0 amide bonds. The van der Waals surface area contributed by atoms with Gasteiger partial charge in [-0.15, -0.1) is 10.2 Å². The highest BCUT2D eigenvalue weighted by Crippen LogP contribution is 2.24. The Balaban J connectivity index is 1.65. The zero-order chi connectivity index (χ0) is 32.7. The smallest absolute Gasteiger partial charge is 0.201 e. The molecule has 4 aromatic heterocycles. The summed E-state index contributed by atoms with van der Waals surface area (Å²) in [5, 5.41) is 17.6. The van der Waals surface area contributed by atoms with Gasteiger partial charge in [0.05, 0.1) is 22.8 Å². The molecule has 0 aliphatic heterocycles. The van der Waals surface area contributed by atoms with Crippen LogP contribution in [-0.4, -0.2) is 51.9 Å². The van der Waals surface area contributed by atoms with Crippen LogP contribution in [0, 0.1) is 0 Å². The first-order chi connectivity index (χ1) is 22.5. The van der Waals surface area contributed by atoms with Gasteiger partial charge < -0.3 is 0 Å². The van der Waals surface area contributed by atoms with E-state index in [0.717, 1.165) is 64.2 Å². The van der Waals surface area contributed by atoms with Crippen LogP contribution in [0.1, 0.15) is 137 Å². The Labute approximate surface area is 272 Å². The molecule has 0 N–H and O–H groups in total. The van der Waals surface area contributed by atoms with Gasteiger partial charge in [0.1, 0.15) is 22.8 Å². The van der Waals surface area contributed by atoms with Crippen LogP contribution in [0.3, 0.4) is 0 Å². The fraction of sp³-hybridized carbons (Fsp3) is 0.500. The Morgan fingerprint density at radius 3 is 1.26 bits per heavy atom. The van der Waals surface area contributed by atoms with Crippen molar-refractivity contribution in [2.24, 2.45) is 0 Å². The van der Waals surface area contributed by atoms with Crippen LogP contribution in [0.2, 0.25) is 0 Å². The van der Waals surface area contributed by atoms with E-state index in [1.807, 2.05) is 24.3 Å². The zero-order valence-electron chi connectivity index (χ0n) is 27.8. The van der Waals surface area contributed by atoms with Crippen molar-refractivity contribution in [2.75, 3.05) is 0 Å². The van der Waals surface area contributed by atoms with E-state index in [4.69, 9.17) is 19.9 Å². The zero-order valence-corrected chi connectivity index (χ0v) is 27.8. The number of aromatic nitrogens is 8. The van der Waals surface area contributed by atoms with Crippen molar-refractivity contribution < 1.29 is 9.59 Å². The molecule has 0 aliphatic rings. The normalized spacial score (nSPS) is 11.1. The largest absolute Gasteiger partial charge is 0.292 e. The lowest BCUT2D eigenvalue weighted by Crippen LogP contribution is -2.13. The topological polar surface area (TPSA) is 137 Å². The van der Waals surface area contributed by atoms with Crippen molar-refractivity contribution in [3.8, 4) is 34.4 Å². The monoisotopic (exact) mass is 622 g/mol. The van der Waals surface area contributed by atoms with Crippen molar-refractivity contribution in [1.82, 2.24) is 40.3 Å². The lowest BCUT2D eigenvalue weighted by Gasteiger charge is -2.10. The minimum Gasteiger partial charge on any atom is -0.292 e. The summed E-state index contributed by atoms with van der Waals surface area (Å²) in [6.07, 6.45) is 11.8. The number of carbonyl (C=O) groups is 2. The Morgan fingerprint density at radius 1 is 0.478 bits per heavy atom. The Morgan fingerprint density at radius 2 is 0.870 bits per heavy atom. The van der Waals surface area contributed by atoms with Crippen LogP contribution in [0.5, 0.6) is 0 Å². The van der Waals surface area contributed by atoms with E-state index in [0.29, 0.717) is 82.9 Å². The molecule has 0 unspecified atom stereocenters. The van der Waals surface area contributed by atoms with Gasteiger partial charge in [-0.2, -0.15) is 10.2 Å². The van der Waals surface area contributed by atoms with Crippen molar-refractivity contribution in [3.05, 3.63) is 59.2 Å².